The van der Waals surface area contributed by atoms with E-state index in [2.05, 4.69) is 31.3 Å². The van der Waals surface area contributed by atoms with Crippen LogP contribution in [-0.2, 0) is 24.5 Å². The van der Waals surface area contributed by atoms with Crippen LogP contribution in [-0.4, -0.2) is 6.04 Å². The quantitative estimate of drug-likeness (QED) is 0.826. The van der Waals surface area contributed by atoms with E-state index in [0.717, 1.165) is 18.1 Å². The predicted molar refractivity (Wildman–Crippen MR) is 75.6 cm³/mol. The van der Waals surface area contributed by atoms with Gasteiger partial charge in [0.05, 0.1) is 13.2 Å². The molecule has 0 bridgehead atoms. The lowest BCUT2D eigenvalue weighted by atomic mass is 10.2. The van der Waals surface area contributed by atoms with Crippen LogP contribution < -0.4 is 5.32 Å². The number of hydrogen-bond donors (Lipinski definition) is 1. The normalized spacial score (nSPS) is 11.1. The van der Waals surface area contributed by atoms with Gasteiger partial charge in [-0.05, 0) is 17.7 Å². The molecular weight excluding hydrogens is 238 g/mol. The first kappa shape index (κ1) is 13.8. The van der Waals surface area contributed by atoms with Gasteiger partial charge in [0.25, 0.3) is 0 Å². The second kappa shape index (κ2) is 7.12. The third kappa shape index (κ3) is 4.89. The van der Waals surface area contributed by atoms with Crippen molar-refractivity contribution >= 4 is 0 Å². The highest BCUT2D eigenvalue weighted by molar-refractivity contribution is 5.13. The second-order valence-corrected chi connectivity index (χ2v) is 4.88. The fourth-order valence-electron chi connectivity index (χ4n) is 1.74. The highest BCUT2D eigenvalue weighted by atomic mass is 16.5. The van der Waals surface area contributed by atoms with E-state index >= 15 is 0 Å². The third-order valence-corrected chi connectivity index (χ3v) is 2.76. The Labute approximate surface area is 114 Å². The summed E-state index contributed by atoms with van der Waals surface area (Å²) in [5.74, 6) is 1.82. The lowest BCUT2D eigenvalue weighted by molar-refractivity contribution is 0.0919. The van der Waals surface area contributed by atoms with Gasteiger partial charge in [-0.3, -0.25) is 0 Å². The Bertz CT molecular complexity index is 477. The lowest BCUT2D eigenvalue weighted by Gasteiger charge is -2.05. The Morgan fingerprint density at radius 1 is 1.00 bits per heavy atom. The minimum absolute atomic E-state index is 0.461. The monoisotopic (exact) mass is 259 g/mol. The zero-order valence-corrected chi connectivity index (χ0v) is 11.6. The van der Waals surface area contributed by atoms with Gasteiger partial charge in [-0.25, -0.2) is 0 Å². The Kier molecular flexibility index (Phi) is 5.19. The molecule has 0 radical (unpaired) electrons. The van der Waals surface area contributed by atoms with Crippen molar-refractivity contribution in [3.8, 4) is 0 Å². The molecule has 0 spiro atoms. The summed E-state index contributed by atoms with van der Waals surface area (Å²) in [5.41, 5.74) is 1.18. The molecule has 1 aromatic heterocycles. The van der Waals surface area contributed by atoms with Crippen LogP contribution in [0.4, 0.5) is 0 Å². The van der Waals surface area contributed by atoms with Gasteiger partial charge in [0, 0.05) is 6.04 Å². The van der Waals surface area contributed by atoms with Gasteiger partial charge in [0.15, 0.2) is 0 Å². The first-order valence-electron chi connectivity index (χ1n) is 6.66. The summed E-state index contributed by atoms with van der Waals surface area (Å²) in [5, 5.41) is 3.32. The number of benzene rings is 1. The zero-order valence-electron chi connectivity index (χ0n) is 11.6. The van der Waals surface area contributed by atoms with Gasteiger partial charge < -0.3 is 14.5 Å². The maximum atomic E-state index is 5.68. The van der Waals surface area contributed by atoms with Gasteiger partial charge in [0.2, 0.25) is 0 Å². The van der Waals surface area contributed by atoms with E-state index in [0.29, 0.717) is 19.3 Å². The summed E-state index contributed by atoms with van der Waals surface area (Å²) in [6.07, 6.45) is 0. The summed E-state index contributed by atoms with van der Waals surface area (Å²) in [6, 6.07) is 14.6. The second-order valence-electron chi connectivity index (χ2n) is 4.88. The van der Waals surface area contributed by atoms with Crippen LogP contribution in [0.3, 0.4) is 0 Å². The molecule has 0 aliphatic heterocycles. The van der Waals surface area contributed by atoms with Crippen LogP contribution in [0.25, 0.3) is 0 Å². The molecule has 0 fully saturated rings. The minimum Gasteiger partial charge on any atom is -0.462 e. The highest BCUT2D eigenvalue weighted by Crippen LogP contribution is 2.10. The minimum atomic E-state index is 0.461. The van der Waals surface area contributed by atoms with Crippen molar-refractivity contribution in [3.63, 3.8) is 0 Å². The molecular formula is C16H21NO2. The van der Waals surface area contributed by atoms with Gasteiger partial charge in [-0.15, -0.1) is 0 Å². The summed E-state index contributed by atoms with van der Waals surface area (Å²) < 4.78 is 11.3. The fourth-order valence-corrected chi connectivity index (χ4v) is 1.74. The van der Waals surface area contributed by atoms with Crippen molar-refractivity contribution < 1.29 is 9.15 Å². The summed E-state index contributed by atoms with van der Waals surface area (Å²) in [4.78, 5) is 0. The topological polar surface area (TPSA) is 34.4 Å². The van der Waals surface area contributed by atoms with Crippen LogP contribution >= 0.6 is 0 Å². The molecule has 102 valence electrons. The lowest BCUT2D eigenvalue weighted by Crippen LogP contribution is -2.21. The van der Waals surface area contributed by atoms with E-state index in [9.17, 15) is 0 Å². The van der Waals surface area contributed by atoms with Crippen molar-refractivity contribution in [3.05, 3.63) is 59.5 Å². The highest BCUT2D eigenvalue weighted by Gasteiger charge is 2.03. The van der Waals surface area contributed by atoms with Crippen LogP contribution in [0.5, 0.6) is 0 Å². The molecule has 0 amide bonds. The maximum Gasteiger partial charge on any atom is 0.129 e. The molecule has 2 rings (SSSR count). The molecule has 0 saturated carbocycles. The Morgan fingerprint density at radius 2 is 1.74 bits per heavy atom. The van der Waals surface area contributed by atoms with E-state index in [-0.39, 0.29) is 0 Å². The summed E-state index contributed by atoms with van der Waals surface area (Å²) in [7, 11) is 0. The van der Waals surface area contributed by atoms with E-state index in [1.165, 1.54) is 5.56 Å². The van der Waals surface area contributed by atoms with Crippen LogP contribution in [0.15, 0.2) is 46.9 Å². The van der Waals surface area contributed by atoms with Crippen molar-refractivity contribution in [2.24, 2.45) is 0 Å². The zero-order chi connectivity index (χ0) is 13.5. The average Bonchev–Trinajstić information content (AvgIpc) is 2.86. The first-order valence-corrected chi connectivity index (χ1v) is 6.66. The van der Waals surface area contributed by atoms with Crippen LogP contribution in [0.1, 0.15) is 30.9 Å². The molecule has 1 heterocycles. The van der Waals surface area contributed by atoms with E-state index in [1.54, 1.807) is 0 Å². The average molecular weight is 259 g/mol. The van der Waals surface area contributed by atoms with Crippen molar-refractivity contribution in [2.75, 3.05) is 0 Å². The molecule has 1 aromatic carbocycles. The van der Waals surface area contributed by atoms with Crippen LogP contribution in [0, 0.1) is 0 Å². The van der Waals surface area contributed by atoms with E-state index in [4.69, 9.17) is 9.15 Å². The first-order chi connectivity index (χ1) is 9.24. The molecule has 0 aliphatic carbocycles. The number of ether oxygens (including phenoxy) is 1. The number of furan rings is 1. The molecule has 0 unspecified atom stereocenters. The third-order valence-electron chi connectivity index (χ3n) is 2.76. The Morgan fingerprint density at radius 3 is 2.47 bits per heavy atom. The number of rotatable bonds is 7. The molecule has 0 atom stereocenters. The van der Waals surface area contributed by atoms with Crippen molar-refractivity contribution in [2.45, 2.75) is 39.6 Å². The summed E-state index contributed by atoms with van der Waals surface area (Å²) >= 11 is 0. The van der Waals surface area contributed by atoms with Crippen molar-refractivity contribution in [1.82, 2.24) is 5.32 Å². The predicted octanol–water partition coefficient (Wildman–Crippen LogP) is 3.49. The summed E-state index contributed by atoms with van der Waals surface area (Å²) in [6.45, 7) is 6.12. The Balaban J connectivity index is 1.74. The smallest absolute Gasteiger partial charge is 0.129 e. The largest absolute Gasteiger partial charge is 0.462 e. The number of hydrogen-bond acceptors (Lipinski definition) is 3. The van der Waals surface area contributed by atoms with Gasteiger partial charge in [-0.2, -0.15) is 0 Å². The molecule has 3 heteroatoms. The van der Waals surface area contributed by atoms with E-state index in [1.807, 2.05) is 30.3 Å². The standard InChI is InChI=1S/C16H21NO2/c1-13(2)17-10-15-8-9-16(19-15)12-18-11-14-6-4-3-5-7-14/h3-9,13,17H,10-12H2,1-2H3. The van der Waals surface area contributed by atoms with Gasteiger partial charge in [-0.1, -0.05) is 44.2 Å². The van der Waals surface area contributed by atoms with E-state index < -0.39 is 0 Å². The van der Waals surface area contributed by atoms with Crippen molar-refractivity contribution in [1.29, 1.82) is 0 Å². The molecule has 3 nitrogen and oxygen atoms in total. The fraction of sp³-hybridized carbons (Fsp3) is 0.375. The van der Waals surface area contributed by atoms with Gasteiger partial charge >= 0.3 is 0 Å². The molecule has 2 aromatic rings. The molecule has 1 N–H and O–H groups in total. The molecule has 19 heavy (non-hydrogen) atoms. The molecule has 0 saturated heterocycles. The Hall–Kier alpha value is -1.58. The SMILES string of the molecule is CC(C)NCc1ccc(COCc2ccccc2)o1. The molecule has 0 aliphatic rings. The maximum absolute atomic E-state index is 5.68. The van der Waals surface area contributed by atoms with Gasteiger partial charge in [0.1, 0.15) is 18.1 Å². The number of nitrogens with one attached hydrogen (secondary N) is 1. The van der Waals surface area contributed by atoms with Crippen LogP contribution in [0.2, 0.25) is 0 Å².